The molecule has 0 spiro atoms. The van der Waals surface area contributed by atoms with Gasteiger partial charge in [0, 0.05) is 18.6 Å². The Labute approximate surface area is 227 Å². The summed E-state index contributed by atoms with van der Waals surface area (Å²) in [5.41, 5.74) is 2.75. The van der Waals surface area contributed by atoms with Crippen molar-refractivity contribution in [2.45, 2.75) is 11.8 Å². The second-order valence-corrected chi connectivity index (χ2v) is 8.82. The number of nitrogens with zero attached hydrogens (tertiary/aromatic N) is 3. The molecule has 0 atom stereocenters. The first-order chi connectivity index (χ1) is 17.1. The van der Waals surface area contributed by atoms with Gasteiger partial charge < -0.3 is 4.72 Å². The van der Waals surface area contributed by atoms with E-state index in [1.807, 2.05) is 85.8 Å². The number of benzene rings is 3. The van der Waals surface area contributed by atoms with Crippen LogP contribution in [-0.2, 0) is 30.4 Å². The first-order valence-corrected chi connectivity index (χ1v) is 12.3. The van der Waals surface area contributed by atoms with Gasteiger partial charge in [0.05, 0.1) is 10.6 Å². The maximum Gasteiger partial charge on any atom is 2.00 e. The SMILES string of the molecule is Cc1ccc(S(=O)(=O)[N-]c2ccccc2-c2ccccn2)cc1.[Pd+2].[c-]1ccccc1.c1ccncc1. The van der Waals surface area contributed by atoms with Crippen molar-refractivity contribution >= 4 is 15.7 Å². The summed E-state index contributed by atoms with van der Waals surface area (Å²) >= 11 is 0. The van der Waals surface area contributed by atoms with Crippen molar-refractivity contribution < 1.29 is 28.8 Å². The van der Waals surface area contributed by atoms with E-state index in [0.29, 0.717) is 16.9 Å². The third-order valence-corrected chi connectivity index (χ3v) is 5.86. The fourth-order valence-electron chi connectivity index (χ4n) is 2.84. The Bertz CT molecular complexity index is 1280. The molecule has 0 radical (unpaired) electrons. The Balaban J connectivity index is 0.000000287. The van der Waals surface area contributed by atoms with Crippen LogP contribution in [0.5, 0.6) is 0 Å². The molecule has 0 bridgehead atoms. The van der Waals surface area contributed by atoms with E-state index in [2.05, 4.69) is 20.8 Å². The summed E-state index contributed by atoms with van der Waals surface area (Å²) in [5.74, 6) is 0. The Morgan fingerprint density at radius 2 is 1.31 bits per heavy atom. The van der Waals surface area contributed by atoms with E-state index >= 15 is 0 Å². The molecular formula is C29H25N3O2PdS. The number of aromatic nitrogens is 2. The van der Waals surface area contributed by atoms with Gasteiger partial charge in [0.2, 0.25) is 0 Å². The van der Waals surface area contributed by atoms with E-state index in [4.69, 9.17) is 0 Å². The molecule has 0 amide bonds. The van der Waals surface area contributed by atoms with Gasteiger partial charge in [0.15, 0.2) is 0 Å². The van der Waals surface area contributed by atoms with E-state index in [9.17, 15) is 8.42 Å². The molecule has 5 nitrogen and oxygen atoms in total. The number of sulfonamides is 1. The summed E-state index contributed by atoms with van der Waals surface area (Å²) in [6.07, 6.45) is 5.17. The van der Waals surface area contributed by atoms with E-state index in [0.717, 1.165) is 5.56 Å². The second kappa shape index (κ2) is 15.4. The molecule has 5 rings (SSSR count). The van der Waals surface area contributed by atoms with Gasteiger partial charge in [0.25, 0.3) is 0 Å². The molecule has 0 aliphatic heterocycles. The van der Waals surface area contributed by atoms with Gasteiger partial charge >= 0.3 is 20.4 Å². The van der Waals surface area contributed by atoms with Crippen molar-refractivity contribution in [3.8, 4) is 11.3 Å². The topological polar surface area (TPSA) is 74.0 Å². The largest absolute Gasteiger partial charge is 2.00 e. The van der Waals surface area contributed by atoms with Crippen LogP contribution in [0, 0.1) is 13.0 Å². The smallest absolute Gasteiger partial charge is 0.572 e. The van der Waals surface area contributed by atoms with Crippen LogP contribution in [0.4, 0.5) is 5.69 Å². The van der Waals surface area contributed by atoms with Crippen molar-refractivity contribution in [3.63, 3.8) is 0 Å². The maximum absolute atomic E-state index is 12.5. The van der Waals surface area contributed by atoms with Crippen LogP contribution in [0.2, 0.25) is 0 Å². The minimum atomic E-state index is -3.76. The molecule has 2 heterocycles. The van der Waals surface area contributed by atoms with Gasteiger partial charge in [-0.3, -0.25) is 9.97 Å². The van der Waals surface area contributed by atoms with E-state index in [1.165, 1.54) is 0 Å². The molecule has 36 heavy (non-hydrogen) atoms. The minimum Gasteiger partial charge on any atom is -0.572 e. The first-order valence-electron chi connectivity index (χ1n) is 10.9. The zero-order valence-corrected chi connectivity index (χ0v) is 22.0. The Kier molecular flexibility index (Phi) is 12.2. The van der Waals surface area contributed by atoms with Crippen molar-refractivity contribution in [1.82, 2.24) is 9.97 Å². The van der Waals surface area contributed by atoms with E-state index in [-0.39, 0.29) is 25.3 Å². The molecule has 2 aromatic heterocycles. The van der Waals surface area contributed by atoms with Crippen LogP contribution in [0.15, 0.2) is 139 Å². The van der Waals surface area contributed by atoms with Crippen LogP contribution < -0.4 is 0 Å². The van der Waals surface area contributed by atoms with Crippen molar-refractivity contribution in [1.29, 1.82) is 0 Å². The summed E-state index contributed by atoms with van der Waals surface area (Å²) in [6, 6.07) is 37.4. The molecule has 0 saturated heterocycles. The monoisotopic (exact) mass is 585 g/mol. The van der Waals surface area contributed by atoms with Crippen LogP contribution in [0.25, 0.3) is 16.0 Å². The molecule has 0 fully saturated rings. The second-order valence-electron chi connectivity index (χ2n) is 7.21. The zero-order valence-electron chi connectivity index (χ0n) is 19.6. The third kappa shape index (κ3) is 9.55. The number of rotatable bonds is 4. The summed E-state index contributed by atoms with van der Waals surface area (Å²) < 4.78 is 29.0. The number of hydrogen-bond donors (Lipinski definition) is 0. The van der Waals surface area contributed by atoms with Gasteiger partial charge in [0.1, 0.15) is 10.0 Å². The van der Waals surface area contributed by atoms with Crippen molar-refractivity contribution in [3.05, 3.63) is 150 Å². The number of aryl methyl sites for hydroxylation is 1. The molecule has 0 aliphatic carbocycles. The van der Waals surface area contributed by atoms with Gasteiger partial charge in [-0.05, 0) is 48.9 Å². The molecule has 0 aliphatic rings. The Morgan fingerprint density at radius 3 is 1.81 bits per heavy atom. The first kappa shape index (κ1) is 28.6. The summed E-state index contributed by atoms with van der Waals surface area (Å²) in [6.45, 7) is 1.91. The molecule has 3 aromatic carbocycles. The number of hydrogen-bond acceptors (Lipinski definition) is 4. The van der Waals surface area contributed by atoms with Crippen LogP contribution >= 0.6 is 0 Å². The molecular weight excluding hydrogens is 561 g/mol. The third-order valence-electron chi connectivity index (χ3n) is 4.56. The maximum atomic E-state index is 12.5. The van der Waals surface area contributed by atoms with Crippen LogP contribution in [-0.4, -0.2) is 18.4 Å². The Hall–Kier alpha value is -3.63. The fourth-order valence-corrected chi connectivity index (χ4v) is 3.84. The predicted octanol–water partition coefficient (Wildman–Crippen LogP) is 7.02. The van der Waals surface area contributed by atoms with Gasteiger partial charge in [-0.25, -0.2) is 8.42 Å². The fraction of sp³-hybridized carbons (Fsp3) is 0.0345. The van der Waals surface area contributed by atoms with Crippen LogP contribution in [0.3, 0.4) is 0 Å². The quantitative estimate of drug-likeness (QED) is 0.168. The number of pyridine rings is 2. The standard InChI is InChI=1S/C18H15N2O2S.C6H5.C5H5N.Pd/c1-14-9-11-15(12-10-14)23(21,22)20-18-8-3-2-6-16(18)17-7-4-5-13-19-17;2*1-2-4-6-5-3-1;/h2-13H,1H3;2*1-5H;/q2*-1;;+2. The van der Waals surface area contributed by atoms with Gasteiger partial charge in [-0.15, -0.1) is 5.69 Å². The van der Waals surface area contributed by atoms with E-state index in [1.54, 1.807) is 55.0 Å². The summed E-state index contributed by atoms with van der Waals surface area (Å²) in [7, 11) is -3.76. The molecule has 184 valence electrons. The zero-order chi connectivity index (χ0) is 24.8. The average Bonchev–Trinajstić information content (AvgIpc) is 2.92. The predicted molar refractivity (Wildman–Crippen MR) is 141 cm³/mol. The molecule has 0 unspecified atom stereocenters. The summed E-state index contributed by atoms with van der Waals surface area (Å²) in [5, 5.41) is 0. The van der Waals surface area contributed by atoms with Gasteiger partial charge in [-0.1, -0.05) is 54.1 Å². The van der Waals surface area contributed by atoms with Crippen molar-refractivity contribution in [2.24, 2.45) is 0 Å². The van der Waals surface area contributed by atoms with Crippen molar-refractivity contribution in [2.75, 3.05) is 0 Å². The minimum absolute atomic E-state index is 0. The molecule has 0 N–H and O–H groups in total. The van der Waals surface area contributed by atoms with Crippen LogP contribution in [0.1, 0.15) is 5.56 Å². The summed E-state index contributed by atoms with van der Waals surface area (Å²) in [4.78, 5) is 8.23. The van der Waals surface area contributed by atoms with Gasteiger partial charge in [-0.2, -0.15) is 36.4 Å². The molecule has 5 aromatic rings. The normalized spacial score (nSPS) is 9.81. The molecule has 7 heteroatoms. The average molecular weight is 586 g/mol. The van der Waals surface area contributed by atoms with E-state index < -0.39 is 10.0 Å². The Morgan fingerprint density at radius 1 is 0.694 bits per heavy atom. The molecule has 0 saturated carbocycles.